The van der Waals surface area contributed by atoms with Crippen LogP contribution in [0.25, 0.3) is 0 Å². The lowest BCUT2D eigenvalue weighted by Gasteiger charge is -2.22. The van der Waals surface area contributed by atoms with Gasteiger partial charge in [0.05, 0.1) is 7.11 Å². The van der Waals surface area contributed by atoms with Crippen LogP contribution in [0.1, 0.15) is 43.5 Å². The number of carbonyl (C=O) groups is 1. The Morgan fingerprint density at radius 1 is 1.56 bits per heavy atom. The second-order valence-electron chi connectivity index (χ2n) is 4.53. The molecule has 1 N–H and O–H groups in total. The van der Waals surface area contributed by atoms with E-state index in [0.717, 1.165) is 0 Å². The molecule has 1 unspecified atom stereocenters. The third kappa shape index (κ3) is 2.85. The summed E-state index contributed by atoms with van der Waals surface area (Å²) < 4.78 is 9.81. The van der Waals surface area contributed by atoms with Crippen LogP contribution in [0.3, 0.4) is 0 Å². The molecule has 90 valence electrons. The Morgan fingerprint density at radius 3 is 2.69 bits per heavy atom. The summed E-state index contributed by atoms with van der Waals surface area (Å²) in [6.45, 7) is 5.70. The van der Waals surface area contributed by atoms with Crippen LogP contribution in [0.4, 0.5) is 0 Å². The van der Waals surface area contributed by atoms with Crippen molar-refractivity contribution in [2.24, 2.45) is 5.92 Å². The highest BCUT2D eigenvalue weighted by molar-refractivity contribution is 5.86. The van der Waals surface area contributed by atoms with E-state index in [-0.39, 0.29) is 5.76 Å². The van der Waals surface area contributed by atoms with Gasteiger partial charge in [-0.25, -0.2) is 4.79 Å². The molecular formula is C12H18O4. The number of carbonyl (C=O) groups excluding carboxylic acids is 1. The van der Waals surface area contributed by atoms with Crippen molar-refractivity contribution >= 4 is 5.97 Å². The Morgan fingerprint density at radius 2 is 2.19 bits per heavy atom. The molecule has 0 saturated heterocycles. The lowest BCUT2D eigenvalue weighted by atomic mass is 9.92. The van der Waals surface area contributed by atoms with E-state index >= 15 is 0 Å². The van der Waals surface area contributed by atoms with Crippen molar-refractivity contribution in [3.8, 4) is 0 Å². The number of esters is 1. The lowest BCUT2D eigenvalue weighted by Crippen LogP contribution is -2.22. The maximum Gasteiger partial charge on any atom is 0.373 e. The molecule has 0 aromatic carbocycles. The summed E-state index contributed by atoms with van der Waals surface area (Å²) in [6.07, 6.45) is 0.571. The van der Waals surface area contributed by atoms with Gasteiger partial charge in [0.15, 0.2) is 0 Å². The highest BCUT2D eigenvalue weighted by Crippen LogP contribution is 2.29. The van der Waals surface area contributed by atoms with E-state index < -0.39 is 11.6 Å². The van der Waals surface area contributed by atoms with Crippen LogP contribution >= 0.6 is 0 Å². The van der Waals surface area contributed by atoms with E-state index in [1.54, 1.807) is 13.0 Å². The molecule has 0 aliphatic heterocycles. The van der Waals surface area contributed by atoms with Crippen molar-refractivity contribution in [2.45, 2.75) is 32.8 Å². The van der Waals surface area contributed by atoms with Gasteiger partial charge in [-0.1, -0.05) is 13.8 Å². The molecule has 1 aromatic heterocycles. The van der Waals surface area contributed by atoms with Crippen LogP contribution < -0.4 is 0 Å². The molecule has 0 amide bonds. The molecule has 1 rings (SSSR count). The Balaban J connectivity index is 2.88. The van der Waals surface area contributed by atoms with Crippen molar-refractivity contribution in [1.82, 2.24) is 0 Å². The number of aliphatic hydroxyl groups is 1. The number of furan rings is 1. The van der Waals surface area contributed by atoms with Crippen LogP contribution in [0.15, 0.2) is 16.5 Å². The molecule has 1 aromatic rings. The third-order valence-corrected chi connectivity index (χ3v) is 2.33. The van der Waals surface area contributed by atoms with Gasteiger partial charge in [0, 0.05) is 0 Å². The zero-order valence-corrected chi connectivity index (χ0v) is 10.1. The molecule has 16 heavy (non-hydrogen) atoms. The molecule has 4 nitrogen and oxygen atoms in total. The molecule has 4 heteroatoms. The highest BCUT2D eigenvalue weighted by Gasteiger charge is 2.29. The summed E-state index contributed by atoms with van der Waals surface area (Å²) in [4.78, 5) is 11.2. The molecular weight excluding hydrogens is 208 g/mol. The van der Waals surface area contributed by atoms with Crippen molar-refractivity contribution < 1.29 is 19.1 Å². The van der Waals surface area contributed by atoms with Gasteiger partial charge in [0.1, 0.15) is 11.4 Å². The second kappa shape index (κ2) is 4.70. The zero-order valence-electron chi connectivity index (χ0n) is 10.1. The molecule has 0 radical (unpaired) electrons. The largest absolute Gasteiger partial charge is 0.463 e. The molecule has 0 spiro atoms. The van der Waals surface area contributed by atoms with Crippen molar-refractivity contribution in [3.05, 3.63) is 23.7 Å². The summed E-state index contributed by atoms with van der Waals surface area (Å²) in [7, 11) is 1.29. The predicted octanol–water partition coefficient (Wildman–Crippen LogP) is 2.32. The van der Waals surface area contributed by atoms with E-state index in [9.17, 15) is 9.90 Å². The first-order chi connectivity index (χ1) is 7.36. The van der Waals surface area contributed by atoms with Gasteiger partial charge in [0.2, 0.25) is 5.76 Å². The van der Waals surface area contributed by atoms with Crippen molar-refractivity contribution in [2.75, 3.05) is 7.11 Å². The van der Waals surface area contributed by atoms with E-state index in [2.05, 4.69) is 4.74 Å². The topological polar surface area (TPSA) is 59.7 Å². The fraction of sp³-hybridized carbons (Fsp3) is 0.583. The summed E-state index contributed by atoms with van der Waals surface area (Å²) in [6, 6.07) is 3.12. The Labute approximate surface area is 95.2 Å². The SMILES string of the molecule is COC(=O)c1ccc(C(C)(O)CC(C)C)o1. The lowest BCUT2D eigenvalue weighted by molar-refractivity contribution is 0.0116. The van der Waals surface area contributed by atoms with Crippen LogP contribution in [-0.4, -0.2) is 18.2 Å². The van der Waals surface area contributed by atoms with E-state index in [0.29, 0.717) is 18.1 Å². The minimum Gasteiger partial charge on any atom is -0.463 e. The van der Waals surface area contributed by atoms with Crippen LogP contribution in [0.2, 0.25) is 0 Å². The maximum atomic E-state index is 11.2. The number of methoxy groups -OCH3 is 1. The smallest absolute Gasteiger partial charge is 0.373 e. The standard InChI is InChI=1S/C12H18O4/c1-8(2)7-12(3,14)10-6-5-9(16-10)11(13)15-4/h5-6,8,14H,7H2,1-4H3. The van der Waals surface area contributed by atoms with Gasteiger partial charge < -0.3 is 14.3 Å². The van der Waals surface area contributed by atoms with E-state index in [1.807, 2.05) is 13.8 Å². The van der Waals surface area contributed by atoms with Gasteiger partial charge in [-0.3, -0.25) is 0 Å². The number of hydrogen-bond acceptors (Lipinski definition) is 4. The minimum atomic E-state index is -1.06. The first-order valence-corrected chi connectivity index (χ1v) is 5.28. The van der Waals surface area contributed by atoms with Crippen LogP contribution in [0, 0.1) is 5.92 Å². The molecule has 1 atom stereocenters. The van der Waals surface area contributed by atoms with Crippen molar-refractivity contribution in [1.29, 1.82) is 0 Å². The fourth-order valence-electron chi connectivity index (χ4n) is 1.73. The first kappa shape index (κ1) is 12.8. The van der Waals surface area contributed by atoms with Gasteiger partial charge >= 0.3 is 5.97 Å². The number of hydrogen-bond donors (Lipinski definition) is 1. The normalized spacial score (nSPS) is 14.9. The Bertz CT molecular complexity index is 363. The van der Waals surface area contributed by atoms with Gasteiger partial charge in [-0.15, -0.1) is 0 Å². The Hall–Kier alpha value is -1.29. The monoisotopic (exact) mass is 226 g/mol. The summed E-state index contributed by atoms with van der Waals surface area (Å²) in [5.41, 5.74) is -1.06. The fourth-order valence-corrected chi connectivity index (χ4v) is 1.73. The molecule has 0 bridgehead atoms. The predicted molar refractivity (Wildman–Crippen MR) is 59.1 cm³/mol. The van der Waals surface area contributed by atoms with E-state index in [1.165, 1.54) is 13.2 Å². The highest BCUT2D eigenvalue weighted by atomic mass is 16.5. The van der Waals surface area contributed by atoms with Gasteiger partial charge in [-0.2, -0.15) is 0 Å². The summed E-state index contributed by atoms with van der Waals surface area (Å²) >= 11 is 0. The van der Waals surface area contributed by atoms with Crippen molar-refractivity contribution in [3.63, 3.8) is 0 Å². The molecule has 1 heterocycles. The van der Waals surface area contributed by atoms with E-state index in [4.69, 9.17) is 4.42 Å². The molecule has 0 aliphatic rings. The average molecular weight is 226 g/mol. The average Bonchev–Trinajstić information content (AvgIpc) is 2.63. The summed E-state index contributed by atoms with van der Waals surface area (Å²) in [5.74, 6) is 0.302. The quantitative estimate of drug-likeness (QED) is 0.800. The molecule has 0 fully saturated rings. The molecule has 0 saturated carbocycles. The number of ether oxygens (including phenoxy) is 1. The first-order valence-electron chi connectivity index (χ1n) is 5.28. The summed E-state index contributed by atoms with van der Waals surface area (Å²) in [5, 5.41) is 10.2. The maximum absolute atomic E-state index is 11.2. The number of rotatable bonds is 4. The van der Waals surface area contributed by atoms with Gasteiger partial charge in [-0.05, 0) is 31.4 Å². The second-order valence-corrected chi connectivity index (χ2v) is 4.53. The van der Waals surface area contributed by atoms with Crippen LogP contribution in [-0.2, 0) is 10.3 Å². The van der Waals surface area contributed by atoms with Gasteiger partial charge in [0.25, 0.3) is 0 Å². The Kier molecular flexibility index (Phi) is 3.75. The van der Waals surface area contributed by atoms with Crippen LogP contribution in [0.5, 0.6) is 0 Å². The zero-order chi connectivity index (χ0) is 12.3. The minimum absolute atomic E-state index is 0.113. The third-order valence-electron chi connectivity index (χ3n) is 2.33. The molecule has 0 aliphatic carbocycles.